The normalized spacial score (nSPS) is 11.1. The summed E-state index contributed by atoms with van der Waals surface area (Å²) in [6, 6.07) is 21.7. The lowest BCUT2D eigenvalue weighted by atomic mass is 10.1. The first-order valence-corrected chi connectivity index (χ1v) is 9.07. The van der Waals surface area contributed by atoms with Crippen molar-refractivity contribution in [1.82, 2.24) is 5.43 Å². The van der Waals surface area contributed by atoms with Gasteiger partial charge in [-0.2, -0.15) is 5.10 Å². The molecular formula is C22H20ClN3O2. The molecule has 3 N–H and O–H groups in total. The van der Waals surface area contributed by atoms with Crippen LogP contribution >= 0.6 is 11.6 Å². The monoisotopic (exact) mass is 393 g/mol. The van der Waals surface area contributed by atoms with Crippen LogP contribution in [0, 0.1) is 0 Å². The molecule has 3 rings (SSSR count). The van der Waals surface area contributed by atoms with Gasteiger partial charge in [0.25, 0.3) is 5.91 Å². The molecule has 28 heavy (non-hydrogen) atoms. The van der Waals surface area contributed by atoms with Crippen molar-refractivity contribution in [2.45, 2.75) is 13.5 Å². The van der Waals surface area contributed by atoms with Gasteiger partial charge in [-0.15, -0.1) is 0 Å². The largest absolute Gasteiger partial charge is 0.489 e. The van der Waals surface area contributed by atoms with Crippen molar-refractivity contribution >= 4 is 28.9 Å². The summed E-state index contributed by atoms with van der Waals surface area (Å²) in [5.41, 5.74) is 12.0. The van der Waals surface area contributed by atoms with E-state index in [0.717, 1.165) is 16.9 Å². The Morgan fingerprint density at radius 3 is 2.43 bits per heavy atom. The molecule has 0 fully saturated rings. The molecule has 1 amide bonds. The van der Waals surface area contributed by atoms with Gasteiger partial charge >= 0.3 is 0 Å². The zero-order chi connectivity index (χ0) is 19.9. The van der Waals surface area contributed by atoms with Crippen LogP contribution in [-0.2, 0) is 6.61 Å². The second-order valence-corrected chi connectivity index (χ2v) is 6.64. The highest BCUT2D eigenvalue weighted by atomic mass is 35.5. The highest BCUT2D eigenvalue weighted by Crippen LogP contribution is 2.17. The van der Waals surface area contributed by atoms with Crippen LogP contribution in [-0.4, -0.2) is 11.6 Å². The number of hydrazone groups is 1. The van der Waals surface area contributed by atoms with E-state index >= 15 is 0 Å². The first kappa shape index (κ1) is 19.5. The van der Waals surface area contributed by atoms with E-state index < -0.39 is 0 Å². The zero-order valence-electron chi connectivity index (χ0n) is 15.4. The van der Waals surface area contributed by atoms with Crippen LogP contribution in [0.25, 0.3) is 0 Å². The lowest BCUT2D eigenvalue weighted by molar-refractivity contribution is 0.0955. The lowest BCUT2D eigenvalue weighted by Gasteiger charge is -2.07. The molecule has 0 spiro atoms. The smallest absolute Gasteiger partial charge is 0.271 e. The highest BCUT2D eigenvalue weighted by molar-refractivity contribution is 6.30. The number of ether oxygens (including phenoxy) is 1. The standard InChI is InChI=1S/C22H20ClN3O2/c1-15(18-3-2-4-20(24)13-18)25-26-22(27)17-7-5-16(6-8-17)14-28-21-11-9-19(23)10-12-21/h2-13H,14,24H2,1H3,(H,26,27)/b25-15-. The average Bonchev–Trinajstić information content (AvgIpc) is 2.71. The number of halogens is 1. The number of carbonyl (C=O) groups is 1. The van der Waals surface area contributed by atoms with Crippen molar-refractivity contribution in [1.29, 1.82) is 0 Å². The summed E-state index contributed by atoms with van der Waals surface area (Å²) in [5.74, 6) is 0.450. The fourth-order valence-electron chi connectivity index (χ4n) is 2.48. The minimum Gasteiger partial charge on any atom is -0.489 e. The van der Waals surface area contributed by atoms with E-state index in [1.807, 2.05) is 43.3 Å². The quantitative estimate of drug-likeness (QED) is 0.363. The van der Waals surface area contributed by atoms with Crippen molar-refractivity contribution in [3.63, 3.8) is 0 Å². The summed E-state index contributed by atoms with van der Waals surface area (Å²) in [6.45, 7) is 2.21. The van der Waals surface area contributed by atoms with Gasteiger partial charge in [0.05, 0.1) is 5.71 Å². The Hall–Kier alpha value is -3.31. The molecule has 6 heteroatoms. The Morgan fingerprint density at radius 1 is 1.04 bits per heavy atom. The van der Waals surface area contributed by atoms with E-state index in [9.17, 15) is 4.79 Å². The number of nitrogens with two attached hydrogens (primary N) is 1. The summed E-state index contributed by atoms with van der Waals surface area (Å²) in [4.78, 5) is 12.3. The van der Waals surface area contributed by atoms with Crippen molar-refractivity contribution in [2.75, 3.05) is 5.73 Å². The Labute approximate surface area is 168 Å². The maximum absolute atomic E-state index is 12.3. The molecule has 3 aromatic carbocycles. The van der Waals surface area contributed by atoms with Crippen molar-refractivity contribution in [3.05, 3.63) is 94.5 Å². The van der Waals surface area contributed by atoms with Crippen LogP contribution in [0.3, 0.4) is 0 Å². The number of carbonyl (C=O) groups excluding carboxylic acids is 1. The lowest BCUT2D eigenvalue weighted by Crippen LogP contribution is -2.19. The van der Waals surface area contributed by atoms with Crippen LogP contribution < -0.4 is 15.9 Å². The van der Waals surface area contributed by atoms with Gasteiger partial charge in [-0.3, -0.25) is 4.79 Å². The number of nitrogens with one attached hydrogen (secondary N) is 1. The summed E-state index contributed by atoms with van der Waals surface area (Å²) in [7, 11) is 0. The van der Waals surface area contributed by atoms with Gasteiger partial charge in [-0.25, -0.2) is 5.43 Å². The van der Waals surface area contributed by atoms with Crippen LogP contribution in [0.2, 0.25) is 5.02 Å². The minimum atomic E-state index is -0.284. The molecule has 0 heterocycles. The van der Waals surface area contributed by atoms with E-state index in [1.54, 1.807) is 36.4 Å². The minimum absolute atomic E-state index is 0.284. The second-order valence-electron chi connectivity index (χ2n) is 6.20. The van der Waals surface area contributed by atoms with Crippen LogP contribution in [0.5, 0.6) is 5.75 Å². The van der Waals surface area contributed by atoms with E-state index in [1.165, 1.54) is 0 Å². The Kier molecular flexibility index (Phi) is 6.29. The number of benzene rings is 3. The van der Waals surface area contributed by atoms with Crippen LogP contribution in [0.15, 0.2) is 77.9 Å². The van der Waals surface area contributed by atoms with E-state index in [2.05, 4.69) is 10.5 Å². The van der Waals surface area contributed by atoms with Crippen molar-refractivity contribution in [3.8, 4) is 5.75 Å². The third-order valence-electron chi connectivity index (χ3n) is 4.06. The molecular weight excluding hydrogens is 374 g/mol. The molecule has 0 aliphatic carbocycles. The van der Waals surface area contributed by atoms with Gasteiger partial charge in [0, 0.05) is 16.3 Å². The predicted octanol–water partition coefficient (Wildman–Crippen LogP) is 4.66. The average molecular weight is 394 g/mol. The topological polar surface area (TPSA) is 76.7 Å². The SMILES string of the molecule is C/C(=N/NC(=O)c1ccc(COc2ccc(Cl)cc2)cc1)c1cccc(N)c1. The molecule has 0 aliphatic rings. The third-order valence-corrected chi connectivity index (χ3v) is 4.32. The Balaban J connectivity index is 1.57. The molecule has 0 saturated heterocycles. The van der Waals surface area contributed by atoms with Crippen LogP contribution in [0.4, 0.5) is 5.69 Å². The molecule has 0 aliphatic heterocycles. The number of rotatable bonds is 6. The van der Waals surface area contributed by atoms with Gasteiger partial charge in [0.1, 0.15) is 12.4 Å². The molecule has 0 radical (unpaired) electrons. The van der Waals surface area contributed by atoms with Gasteiger partial charge in [0.15, 0.2) is 0 Å². The summed E-state index contributed by atoms with van der Waals surface area (Å²) in [5, 5.41) is 4.81. The number of anilines is 1. The van der Waals surface area contributed by atoms with Gasteiger partial charge in [-0.05, 0) is 66.6 Å². The van der Waals surface area contributed by atoms with Crippen LogP contribution in [0.1, 0.15) is 28.4 Å². The summed E-state index contributed by atoms with van der Waals surface area (Å²) in [6.07, 6.45) is 0. The van der Waals surface area contributed by atoms with Gasteiger partial charge in [-0.1, -0.05) is 35.9 Å². The fourth-order valence-corrected chi connectivity index (χ4v) is 2.60. The van der Waals surface area contributed by atoms with Crippen molar-refractivity contribution in [2.24, 2.45) is 5.10 Å². The molecule has 0 bridgehead atoms. The number of amides is 1. The third kappa shape index (κ3) is 5.34. The highest BCUT2D eigenvalue weighted by Gasteiger charge is 2.06. The van der Waals surface area contributed by atoms with Crippen molar-refractivity contribution < 1.29 is 9.53 Å². The fraction of sp³-hybridized carbons (Fsp3) is 0.0909. The molecule has 142 valence electrons. The number of nitrogens with zero attached hydrogens (tertiary/aromatic N) is 1. The van der Waals surface area contributed by atoms with E-state index in [0.29, 0.717) is 28.6 Å². The number of hydrogen-bond donors (Lipinski definition) is 2. The number of nitrogen functional groups attached to an aromatic ring is 1. The first-order valence-electron chi connectivity index (χ1n) is 8.69. The Morgan fingerprint density at radius 2 is 1.75 bits per heavy atom. The maximum atomic E-state index is 12.3. The van der Waals surface area contributed by atoms with Gasteiger partial charge in [0.2, 0.25) is 0 Å². The molecule has 0 saturated carbocycles. The van der Waals surface area contributed by atoms with E-state index in [-0.39, 0.29) is 5.91 Å². The van der Waals surface area contributed by atoms with Gasteiger partial charge < -0.3 is 10.5 Å². The predicted molar refractivity (Wildman–Crippen MR) is 113 cm³/mol. The molecule has 3 aromatic rings. The second kappa shape index (κ2) is 9.06. The Bertz CT molecular complexity index is 983. The van der Waals surface area contributed by atoms with E-state index in [4.69, 9.17) is 22.1 Å². The summed E-state index contributed by atoms with van der Waals surface area (Å²) < 4.78 is 5.69. The number of hydrogen-bond acceptors (Lipinski definition) is 4. The molecule has 5 nitrogen and oxygen atoms in total. The zero-order valence-corrected chi connectivity index (χ0v) is 16.1. The molecule has 0 unspecified atom stereocenters. The maximum Gasteiger partial charge on any atom is 0.271 e. The first-order chi connectivity index (χ1) is 13.5. The molecule has 0 atom stereocenters. The molecule has 0 aromatic heterocycles. The summed E-state index contributed by atoms with van der Waals surface area (Å²) >= 11 is 5.85.